The number of ether oxygens (including phenoxy) is 1. The first-order valence-corrected chi connectivity index (χ1v) is 9.35. The van der Waals surface area contributed by atoms with Gasteiger partial charge in [0.2, 0.25) is 0 Å². The van der Waals surface area contributed by atoms with E-state index in [1.807, 2.05) is 56.6 Å². The van der Waals surface area contributed by atoms with E-state index in [1.165, 1.54) is 11.8 Å². The number of nitrogens with zero attached hydrogens (tertiary/aromatic N) is 2. The van der Waals surface area contributed by atoms with E-state index in [4.69, 9.17) is 4.74 Å². The summed E-state index contributed by atoms with van der Waals surface area (Å²) in [5.74, 6) is 0.535. The lowest BCUT2D eigenvalue weighted by atomic mass is 10.1. The first-order chi connectivity index (χ1) is 13.0. The molecular weight excluding hydrogens is 358 g/mol. The van der Waals surface area contributed by atoms with Crippen LogP contribution in [0, 0.1) is 6.92 Å². The zero-order valence-corrected chi connectivity index (χ0v) is 16.1. The molecule has 0 bridgehead atoms. The fourth-order valence-corrected chi connectivity index (χ4v) is 3.93. The van der Waals surface area contributed by atoms with E-state index in [0.29, 0.717) is 21.5 Å². The molecule has 136 valence electrons. The van der Waals surface area contributed by atoms with Crippen molar-refractivity contribution in [2.24, 2.45) is 12.0 Å². The largest absolute Gasteiger partial charge is 0.494 e. The smallest absolute Gasteiger partial charge is 0.264 e. The van der Waals surface area contributed by atoms with Crippen molar-refractivity contribution in [2.75, 3.05) is 7.11 Å². The van der Waals surface area contributed by atoms with Crippen LogP contribution in [0.25, 0.3) is 17.0 Å². The van der Waals surface area contributed by atoms with E-state index in [0.717, 1.165) is 22.0 Å². The average molecular weight is 377 g/mol. The molecule has 1 aromatic heterocycles. The maximum Gasteiger partial charge on any atom is 0.264 e. The van der Waals surface area contributed by atoms with Crippen molar-refractivity contribution in [3.05, 3.63) is 64.7 Å². The zero-order chi connectivity index (χ0) is 19.0. The average Bonchev–Trinajstić information content (AvgIpc) is 3.16. The van der Waals surface area contributed by atoms with Crippen LogP contribution in [-0.4, -0.2) is 22.8 Å². The lowest BCUT2D eigenvalue weighted by molar-refractivity contribution is -0.115. The molecule has 3 aromatic rings. The van der Waals surface area contributed by atoms with E-state index in [2.05, 4.69) is 27.0 Å². The summed E-state index contributed by atoms with van der Waals surface area (Å²) in [6.45, 7) is 2.00. The lowest BCUT2D eigenvalue weighted by Crippen LogP contribution is -2.19. The highest BCUT2D eigenvalue weighted by Crippen LogP contribution is 2.33. The highest BCUT2D eigenvalue weighted by atomic mass is 32.2. The maximum atomic E-state index is 12.4. The Balaban J connectivity index is 1.68. The topological polar surface area (TPSA) is 55.6 Å². The van der Waals surface area contributed by atoms with Crippen molar-refractivity contribution in [2.45, 2.75) is 6.92 Å². The number of hydrogen-bond donors (Lipinski definition) is 1. The summed E-state index contributed by atoms with van der Waals surface area (Å²) < 4.78 is 7.43. The Kier molecular flexibility index (Phi) is 4.49. The molecule has 5 nitrogen and oxygen atoms in total. The first-order valence-electron chi connectivity index (χ1n) is 8.53. The van der Waals surface area contributed by atoms with Crippen LogP contribution in [0.15, 0.2) is 58.6 Å². The number of benzene rings is 2. The predicted molar refractivity (Wildman–Crippen MR) is 111 cm³/mol. The van der Waals surface area contributed by atoms with Gasteiger partial charge in [-0.25, -0.2) is 4.99 Å². The van der Waals surface area contributed by atoms with Crippen LogP contribution in [0.5, 0.6) is 5.75 Å². The minimum absolute atomic E-state index is 0.140. The normalized spacial score (nSPS) is 17.1. The van der Waals surface area contributed by atoms with E-state index >= 15 is 0 Å². The molecule has 1 fully saturated rings. The monoisotopic (exact) mass is 377 g/mol. The van der Waals surface area contributed by atoms with Gasteiger partial charge in [-0.15, -0.1) is 0 Å². The Morgan fingerprint density at radius 3 is 2.85 bits per heavy atom. The van der Waals surface area contributed by atoms with Crippen molar-refractivity contribution in [3.63, 3.8) is 0 Å². The molecule has 1 amide bonds. The second-order valence-corrected chi connectivity index (χ2v) is 7.40. The fourth-order valence-electron chi connectivity index (χ4n) is 3.11. The Bertz CT molecular complexity index is 1110. The molecule has 1 aliphatic heterocycles. The summed E-state index contributed by atoms with van der Waals surface area (Å²) in [5, 5.41) is 4.51. The van der Waals surface area contributed by atoms with Crippen LogP contribution >= 0.6 is 11.8 Å². The molecule has 1 aliphatic rings. The van der Waals surface area contributed by atoms with Gasteiger partial charge in [0, 0.05) is 29.7 Å². The van der Waals surface area contributed by atoms with Crippen molar-refractivity contribution in [1.29, 1.82) is 0 Å². The van der Waals surface area contributed by atoms with Crippen molar-refractivity contribution in [1.82, 2.24) is 9.88 Å². The standard InChI is InChI=1S/C21H19N3O2S/c1-13-8-9-18(26-3)16(10-13)22-21-23-20(25)19(27-21)11-14-12-24(2)17-7-5-4-6-15(14)17/h4-12H,1-3H3,(H,22,23,25)/b19-11-. The molecule has 2 heterocycles. The number of amides is 1. The first kappa shape index (κ1) is 17.4. The number of aliphatic imine (C=N–C) groups is 1. The van der Waals surface area contributed by atoms with Gasteiger partial charge < -0.3 is 14.6 Å². The van der Waals surface area contributed by atoms with E-state index in [-0.39, 0.29) is 5.91 Å². The molecule has 0 radical (unpaired) electrons. The van der Waals surface area contributed by atoms with Crippen LogP contribution < -0.4 is 10.1 Å². The van der Waals surface area contributed by atoms with Crippen LogP contribution in [0.3, 0.4) is 0 Å². The second kappa shape index (κ2) is 6.96. The van der Waals surface area contributed by atoms with Gasteiger partial charge in [-0.2, -0.15) is 0 Å². The number of carbonyl (C=O) groups is 1. The van der Waals surface area contributed by atoms with Crippen molar-refractivity contribution in [3.8, 4) is 5.75 Å². The van der Waals surface area contributed by atoms with Crippen LogP contribution in [0.2, 0.25) is 0 Å². The summed E-state index contributed by atoms with van der Waals surface area (Å²) in [6, 6.07) is 13.9. The van der Waals surface area contributed by atoms with Crippen LogP contribution in [0.4, 0.5) is 5.69 Å². The number of aryl methyl sites for hydroxylation is 2. The SMILES string of the molecule is COc1ccc(C)cc1N=C1NC(=O)/C(=C/c2cn(C)c3ccccc23)S1. The number of para-hydroxylation sites is 1. The molecule has 0 atom stereocenters. The molecule has 6 heteroatoms. The van der Waals surface area contributed by atoms with Gasteiger partial charge in [0.1, 0.15) is 11.4 Å². The Hall–Kier alpha value is -2.99. The van der Waals surface area contributed by atoms with Gasteiger partial charge in [0.15, 0.2) is 5.17 Å². The third-order valence-corrected chi connectivity index (χ3v) is 5.33. The second-order valence-electron chi connectivity index (χ2n) is 6.37. The molecule has 2 aromatic carbocycles. The Morgan fingerprint density at radius 1 is 1.22 bits per heavy atom. The minimum atomic E-state index is -0.140. The van der Waals surface area contributed by atoms with Crippen molar-refractivity contribution < 1.29 is 9.53 Å². The van der Waals surface area contributed by atoms with E-state index < -0.39 is 0 Å². The Labute approximate surface area is 161 Å². The Morgan fingerprint density at radius 2 is 2.04 bits per heavy atom. The molecule has 0 aliphatic carbocycles. The number of hydrogen-bond acceptors (Lipinski definition) is 4. The number of amidine groups is 1. The van der Waals surface area contributed by atoms with Crippen molar-refractivity contribution >= 4 is 45.5 Å². The van der Waals surface area contributed by atoms with Gasteiger partial charge in [0.05, 0.1) is 12.0 Å². The molecule has 0 spiro atoms. The van der Waals surface area contributed by atoms with Gasteiger partial charge in [-0.3, -0.25) is 4.79 Å². The van der Waals surface area contributed by atoms with E-state index in [1.54, 1.807) is 7.11 Å². The summed E-state index contributed by atoms with van der Waals surface area (Å²) in [7, 11) is 3.61. The quantitative estimate of drug-likeness (QED) is 0.689. The van der Waals surface area contributed by atoms with Crippen LogP contribution in [0.1, 0.15) is 11.1 Å². The van der Waals surface area contributed by atoms with Gasteiger partial charge in [-0.1, -0.05) is 24.3 Å². The number of carbonyl (C=O) groups excluding carboxylic acids is 1. The summed E-state index contributed by atoms with van der Waals surface area (Å²) in [4.78, 5) is 17.6. The highest BCUT2D eigenvalue weighted by Gasteiger charge is 2.24. The number of nitrogens with one attached hydrogen (secondary N) is 1. The summed E-state index contributed by atoms with van der Waals surface area (Å²) in [6.07, 6.45) is 3.95. The zero-order valence-electron chi connectivity index (χ0n) is 15.3. The van der Waals surface area contributed by atoms with Gasteiger partial charge in [-0.05, 0) is 48.5 Å². The fraction of sp³-hybridized carbons (Fsp3) is 0.143. The number of thioether (sulfide) groups is 1. The number of methoxy groups -OCH3 is 1. The molecular formula is C21H19N3O2S. The molecule has 4 rings (SSSR count). The summed E-state index contributed by atoms with van der Waals surface area (Å²) in [5.41, 5.74) is 3.92. The highest BCUT2D eigenvalue weighted by molar-refractivity contribution is 8.18. The molecule has 27 heavy (non-hydrogen) atoms. The van der Waals surface area contributed by atoms with Gasteiger partial charge >= 0.3 is 0 Å². The number of rotatable bonds is 3. The number of aromatic nitrogens is 1. The molecule has 0 unspecified atom stereocenters. The molecule has 0 saturated carbocycles. The molecule has 1 N–H and O–H groups in total. The van der Waals surface area contributed by atoms with Gasteiger partial charge in [0.25, 0.3) is 5.91 Å². The third kappa shape index (κ3) is 3.36. The van der Waals surface area contributed by atoms with E-state index in [9.17, 15) is 4.79 Å². The number of fused-ring (bicyclic) bond motifs is 1. The lowest BCUT2D eigenvalue weighted by Gasteiger charge is -2.05. The summed E-state index contributed by atoms with van der Waals surface area (Å²) >= 11 is 1.34. The van der Waals surface area contributed by atoms with Crippen LogP contribution in [-0.2, 0) is 11.8 Å². The molecule has 1 saturated heterocycles. The maximum absolute atomic E-state index is 12.4. The third-order valence-electron chi connectivity index (χ3n) is 4.42. The minimum Gasteiger partial charge on any atom is -0.494 e. The predicted octanol–water partition coefficient (Wildman–Crippen LogP) is 4.39.